The molecule has 0 saturated carbocycles. The van der Waals surface area contributed by atoms with E-state index in [9.17, 15) is 0 Å². The summed E-state index contributed by atoms with van der Waals surface area (Å²) in [5, 5.41) is 10.4. The van der Waals surface area contributed by atoms with E-state index in [1.54, 1.807) is 13.3 Å². The van der Waals surface area contributed by atoms with Gasteiger partial charge in [0.2, 0.25) is 5.88 Å². The minimum atomic E-state index is 0.453. The number of nitrogens with zero attached hydrogens (tertiary/aromatic N) is 3. The number of ether oxygens (including phenoxy) is 1. The summed E-state index contributed by atoms with van der Waals surface area (Å²) >= 11 is 1.81. The number of guanidine groups is 1. The Bertz CT molecular complexity index is 681. The summed E-state index contributed by atoms with van der Waals surface area (Å²) in [6.45, 7) is 2.85. The minimum absolute atomic E-state index is 0.453. The molecule has 2 N–H and O–H groups in total. The van der Waals surface area contributed by atoms with Crippen molar-refractivity contribution in [1.29, 1.82) is 0 Å². The van der Waals surface area contributed by atoms with Gasteiger partial charge in [0.15, 0.2) is 5.96 Å². The maximum Gasteiger partial charge on any atom is 0.213 e. The van der Waals surface area contributed by atoms with Crippen molar-refractivity contribution in [3.8, 4) is 5.88 Å². The highest BCUT2D eigenvalue weighted by atomic mass is 32.1. The Morgan fingerprint density at radius 2 is 2.24 bits per heavy atom. The topological polar surface area (TPSA) is 61.8 Å². The van der Waals surface area contributed by atoms with Crippen molar-refractivity contribution in [2.24, 2.45) is 4.99 Å². The standard InChI is InChI=1S/C18H25N5OS/c1-19-18(21-13-14-5-8-20-16(12-14)24-2)22-15-6-9-23(10-7-15)17-4-3-11-25-17/h3-5,8,11-12,15H,6-7,9-10,13H2,1-2H3,(H2,19,21,22). The van der Waals surface area contributed by atoms with Gasteiger partial charge in [0.25, 0.3) is 0 Å². The summed E-state index contributed by atoms with van der Waals surface area (Å²) < 4.78 is 5.16. The molecule has 0 amide bonds. The normalized spacial score (nSPS) is 15.9. The smallest absolute Gasteiger partial charge is 0.213 e. The highest BCUT2D eigenvalue weighted by Gasteiger charge is 2.20. The molecular formula is C18H25N5OS. The van der Waals surface area contributed by atoms with Crippen LogP contribution in [0.15, 0.2) is 40.8 Å². The Balaban J connectivity index is 1.46. The number of rotatable bonds is 5. The van der Waals surface area contributed by atoms with Gasteiger partial charge in [-0.05, 0) is 42.0 Å². The molecule has 1 fully saturated rings. The predicted octanol–water partition coefficient (Wildman–Crippen LogP) is 2.49. The first-order chi connectivity index (χ1) is 12.3. The quantitative estimate of drug-likeness (QED) is 0.634. The number of hydrogen-bond acceptors (Lipinski definition) is 5. The second-order valence-electron chi connectivity index (χ2n) is 5.99. The molecule has 3 heterocycles. The Morgan fingerprint density at radius 3 is 2.92 bits per heavy atom. The van der Waals surface area contributed by atoms with Crippen LogP contribution < -0.4 is 20.3 Å². The summed E-state index contributed by atoms with van der Waals surface area (Å²) in [4.78, 5) is 10.9. The summed E-state index contributed by atoms with van der Waals surface area (Å²) in [6.07, 6.45) is 3.98. The summed E-state index contributed by atoms with van der Waals surface area (Å²) in [6, 6.07) is 8.67. The van der Waals surface area contributed by atoms with Crippen molar-refractivity contribution in [3.05, 3.63) is 41.4 Å². The molecule has 2 aromatic rings. The van der Waals surface area contributed by atoms with Crippen molar-refractivity contribution < 1.29 is 4.74 Å². The first kappa shape index (κ1) is 17.5. The molecule has 0 bridgehead atoms. The molecule has 1 aliphatic heterocycles. The fourth-order valence-corrected chi connectivity index (χ4v) is 3.73. The van der Waals surface area contributed by atoms with Crippen LogP contribution in [-0.2, 0) is 6.54 Å². The number of thiophene rings is 1. The predicted molar refractivity (Wildman–Crippen MR) is 104 cm³/mol. The molecule has 0 atom stereocenters. The molecule has 2 aromatic heterocycles. The number of aromatic nitrogens is 1. The van der Waals surface area contributed by atoms with Crippen LogP contribution in [0.3, 0.4) is 0 Å². The molecule has 1 aliphatic rings. The van der Waals surface area contributed by atoms with E-state index in [0.717, 1.165) is 37.5 Å². The summed E-state index contributed by atoms with van der Waals surface area (Å²) in [5.74, 6) is 1.47. The molecular weight excluding hydrogens is 334 g/mol. The lowest BCUT2D eigenvalue weighted by atomic mass is 10.1. The minimum Gasteiger partial charge on any atom is -0.481 e. The third kappa shape index (κ3) is 4.85. The van der Waals surface area contributed by atoms with Crippen molar-refractivity contribution in [2.45, 2.75) is 25.4 Å². The third-order valence-electron chi connectivity index (χ3n) is 4.35. The largest absolute Gasteiger partial charge is 0.481 e. The molecule has 3 rings (SSSR count). The number of methoxy groups -OCH3 is 1. The van der Waals surface area contributed by atoms with Crippen LogP contribution in [0.2, 0.25) is 0 Å². The highest BCUT2D eigenvalue weighted by molar-refractivity contribution is 7.14. The van der Waals surface area contributed by atoms with Crippen LogP contribution in [-0.4, -0.2) is 44.2 Å². The number of hydrogen-bond donors (Lipinski definition) is 2. The Labute approximate surface area is 152 Å². The van der Waals surface area contributed by atoms with Gasteiger partial charge in [0.1, 0.15) is 0 Å². The highest BCUT2D eigenvalue weighted by Crippen LogP contribution is 2.24. The lowest BCUT2D eigenvalue weighted by Crippen LogP contribution is -2.48. The van der Waals surface area contributed by atoms with Crippen LogP contribution in [0.5, 0.6) is 5.88 Å². The Kier molecular flexibility index (Phi) is 6.11. The SMILES string of the molecule is CN=C(NCc1ccnc(OC)c1)NC1CCN(c2cccs2)CC1. The fraction of sp³-hybridized carbons (Fsp3) is 0.444. The zero-order valence-corrected chi connectivity index (χ0v) is 15.6. The lowest BCUT2D eigenvalue weighted by Gasteiger charge is -2.33. The first-order valence-corrected chi connectivity index (χ1v) is 9.41. The molecule has 6 nitrogen and oxygen atoms in total. The van der Waals surface area contributed by atoms with Crippen molar-refractivity contribution in [1.82, 2.24) is 15.6 Å². The van der Waals surface area contributed by atoms with Gasteiger partial charge in [-0.3, -0.25) is 4.99 Å². The van der Waals surface area contributed by atoms with Gasteiger partial charge < -0.3 is 20.3 Å². The van der Waals surface area contributed by atoms with Gasteiger partial charge in [0, 0.05) is 45.0 Å². The zero-order chi connectivity index (χ0) is 17.5. The molecule has 0 unspecified atom stereocenters. The van der Waals surface area contributed by atoms with E-state index in [0.29, 0.717) is 18.5 Å². The van der Waals surface area contributed by atoms with Crippen molar-refractivity contribution >= 4 is 22.3 Å². The fourth-order valence-electron chi connectivity index (χ4n) is 2.94. The molecule has 25 heavy (non-hydrogen) atoms. The second-order valence-corrected chi connectivity index (χ2v) is 6.92. The molecule has 0 aromatic carbocycles. The first-order valence-electron chi connectivity index (χ1n) is 8.53. The molecule has 1 saturated heterocycles. The van der Waals surface area contributed by atoms with E-state index in [4.69, 9.17) is 4.74 Å². The Hall–Kier alpha value is -2.28. The van der Waals surface area contributed by atoms with E-state index < -0.39 is 0 Å². The number of aliphatic imine (C=N–C) groups is 1. The van der Waals surface area contributed by atoms with E-state index in [1.165, 1.54) is 5.00 Å². The van der Waals surface area contributed by atoms with Gasteiger partial charge in [-0.1, -0.05) is 0 Å². The third-order valence-corrected chi connectivity index (χ3v) is 5.27. The van der Waals surface area contributed by atoms with Crippen LogP contribution in [0.25, 0.3) is 0 Å². The molecule has 134 valence electrons. The van der Waals surface area contributed by atoms with Crippen molar-refractivity contribution in [2.75, 3.05) is 32.1 Å². The van der Waals surface area contributed by atoms with Gasteiger partial charge in [0.05, 0.1) is 12.1 Å². The average Bonchev–Trinajstić information content (AvgIpc) is 3.20. The molecule has 7 heteroatoms. The Morgan fingerprint density at radius 1 is 1.40 bits per heavy atom. The van der Waals surface area contributed by atoms with Crippen LogP contribution in [0, 0.1) is 0 Å². The molecule has 0 radical (unpaired) electrons. The van der Waals surface area contributed by atoms with Crippen molar-refractivity contribution in [3.63, 3.8) is 0 Å². The van der Waals surface area contributed by atoms with E-state index >= 15 is 0 Å². The van der Waals surface area contributed by atoms with Gasteiger partial charge >= 0.3 is 0 Å². The van der Waals surface area contributed by atoms with Crippen LogP contribution in [0.1, 0.15) is 18.4 Å². The maximum atomic E-state index is 5.16. The van der Waals surface area contributed by atoms with E-state index in [2.05, 4.69) is 43.0 Å². The molecule has 0 spiro atoms. The summed E-state index contributed by atoms with van der Waals surface area (Å²) in [5.41, 5.74) is 1.11. The van der Waals surface area contributed by atoms with Gasteiger partial charge in [-0.2, -0.15) is 0 Å². The molecule has 0 aliphatic carbocycles. The number of pyridine rings is 1. The maximum absolute atomic E-state index is 5.16. The lowest BCUT2D eigenvalue weighted by molar-refractivity contribution is 0.397. The number of anilines is 1. The van der Waals surface area contributed by atoms with E-state index in [-0.39, 0.29) is 0 Å². The number of nitrogens with one attached hydrogen (secondary N) is 2. The average molecular weight is 359 g/mol. The van der Waals surface area contributed by atoms with E-state index in [1.807, 2.05) is 30.5 Å². The van der Waals surface area contributed by atoms with Crippen LogP contribution in [0.4, 0.5) is 5.00 Å². The monoisotopic (exact) mass is 359 g/mol. The number of piperidine rings is 1. The zero-order valence-electron chi connectivity index (χ0n) is 14.7. The van der Waals surface area contributed by atoms with Crippen LogP contribution >= 0.6 is 11.3 Å². The summed E-state index contributed by atoms with van der Waals surface area (Å²) in [7, 11) is 3.44. The van der Waals surface area contributed by atoms with Gasteiger partial charge in [-0.25, -0.2) is 4.98 Å². The van der Waals surface area contributed by atoms with Gasteiger partial charge in [-0.15, -0.1) is 11.3 Å². The second kappa shape index (κ2) is 8.71.